The van der Waals surface area contributed by atoms with Crippen molar-refractivity contribution >= 4 is 39.8 Å². The number of nitrogens with zero attached hydrogens (tertiary/aromatic N) is 1. The van der Waals surface area contributed by atoms with E-state index in [1.807, 2.05) is 6.26 Å². The number of hydrogen-bond donors (Lipinski definition) is 1. The van der Waals surface area contributed by atoms with Crippen molar-refractivity contribution in [2.45, 2.75) is 25.2 Å². The van der Waals surface area contributed by atoms with Crippen molar-refractivity contribution in [3.8, 4) is 0 Å². The molecule has 0 aliphatic carbocycles. The molecule has 1 aromatic heterocycles. The molecule has 1 saturated heterocycles. The van der Waals surface area contributed by atoms with E-state index in [-0.39, 0.29) is 5.97 Å². The summed E-state index contributed by atoms with van der Waals surface area (Å²) in [7, 11) is 1.39. The zero-order chi connectivity index (χ0) is 14.9. The summed E-state index contributed by atoms with van der Waals surface area (Å²) in [6.07, 6.45) is 3.18. The fourth-order valence-electron chi connectivity index (χ4n) is 2.51. The summed E-state index contributed by atoms with van der Waals surface area (Å²) in [5.74, 6) is 1.07. The van der Waals surface area contributed by atoms with Crippen LogP contribution in [0.15, 0.2) is 4.90 Å². The van der Waals surface area contributed by atoms with Crippen LogP contribution >= 0.6 is 23.1 Å². The van der Waals surface area contributed by atoms with Crippen molar-refractivity contribution in [3.63, 3.8) is 0 Å². The second-order valence-electron chi connectivity index (χ2n) is 5.36. The highest BCUT2D eigenvalue weighted by Crippen LogP contribution is 2.45. The van der Waals surface area contributed by atoms with Gasteiger partial charge in [0.2, 0.25) is 0 Å². The second kappa shape index (κ2) is 6.26. The summed E-state index contributed by atoms with van der Waals surface area (Å²) in [4.78, 5) is 15.7. The minimum Gasteiger partial charge on any atom is -0.465 e. The van der Waals surface area contributed by atoms with Gasteiger partial charge >= 0.3 is 5.97 Å². The van der Waals surface area contributed by atoms with Crippen molar-refractivity contribution in [1.82, 2.24) is 0 Å². The van der Waals surface area contributed by atoms with Crippen LogP contribution in [-0.2, 0) is 4.74 Å². The van der Waals surface area contributed by atoms with Crippen LogP contribution in [0.4, 0.5) is 10.7 Å². The highest BCUT2D eigenvalue weighted by molar-refractivity contribution is 7.99. The van der Waals surface area contributed by atoms with Gasteiger partial charge < -0.3 is 15.4 Å². The summed E-state index contributed by atoms with van der Waals surface area (Å²) < 4.78 is 4.82. The predicted molar refractivity (Wildman–Crippen MR) is 87.0 cm³/mol. The molecular weight excluding hydrogens is 292 g/mol. The Balaban J connectivity index is 2.34. The van der Waals surface area contributed by atoms with Crippen LogP contribution in [0.5, 0.6) is 0 Å². The van der Waals surface area contributed by atoms with Crippen LogP contribution in [0.3, 0.4) is 0 Å². The first kappa shape index (κ1) is 15.5. The van der Waals surface area contributed by atoms with E-state index in [0.717, 1.165) is 28.9 Å². The van der Waals surface area contributed by atoms with E-state index in [1.54, 1.807) is 11.8 Å². The molecule has 0 bridgehead atoms. The summed E-state index contributed by atoms with van der Waals surface area (Å²) in [6.45, 7) is 6.64. The van der Waals surface area contributed by atoms with Gasteiger partial charge in [0.15, 0.2) is 0 Å². The topological polar surface area (TPSA) is 55.6 Å². The molecule has 1 aliphatic rings. The Morgan fingerprint density at radius 1 is 1.45 bits per heavy atom. The first-order chi connectivity index (χ1) is 9.49. The zero-order valence-corrected chi connectivity index (χ0v) is 14.1. The average Bonchev–Trinajstić information content (AvgIpc) is 2.78. The minimum absolute atomic E-state index is 0.340. The molecule has 0 aromatic carbocycles. The normalized spacial score (nSPS) is 22.9. The molecule has 20 heavy (non-hydrogen) atoms. The van der Waals surface area contributed by atoms with Crippen molar-refractivity contribution in [3.05, 3.63) is 4.88 Å². The molecule has 0 amide bonds. The van der Waals surface area contributed by atoms with Crippen LogP contribution in [0.2, 0.25) is 0 Å². The number of nitrogens with two attached hydrogens (primary N) is 1. The number of rotatable bonds is 3. The third-order valence-corrected chi connectivity index (χ3v) is 6.28. The lowest BCUT2D eigenvalue weighted by Crippen LogP contribution is -2.38. The summed E-state index contributed by atoms with van der Waals surface area (Å²) in [5, 5.41) is 1.12. The smallest absolute Gasteiger partial charge is 0.350 e. The molecule has 2 heterocycles. The first-order valence-corrected chi connectivity index (χ1v) is 8.83. The van der Waals surface area contributed by atoms with Crippen molar-refractivity contribution in [2.75, 3.05) is 37.1 Å². The van der Waals surface area contributed by atoms with Gasteiger partial charge in [-0.25, -0.2) is 4.79 Å². The van der Waals surface area contributed by atoms with Gasteiger partial charge in [0.05, 0.1) is 17.7 Å². The Kier molecular flexibility index (Phi) is 4.86. The van der Waals surface area contributed by atoms with E-state index in [1.165, 1.54) is 24.9 Å². The van der Waals surface area contributed by atoms with Crippen LogP contribution in [-0.4, -0.2) is 32.4 Å². The molecule has 1 fully saturated rings. The number of thioether (sulfide) groups is 1. The third-order valence-electron chi connectivity index (χ3n) is 4.08. The van der Waals surface area contributed by atoms with Gasteiger partial charge in [-0.05, 0) is 24.5 Å². The van der Waals surface area contributed by atoms with Gasteiger partial charge in [0, 0.05) is 13.1 Å². The summed E-state index contributed by atoms with van der Waals surface area (Å²) >= 11 is 3.06. The van der Waals surface area contributed by atoms with Crippen LogP contribution in [0, 0.1) is 11.8 Å². The van der Waals surface area contributed by atoms with E-state index in [4.69, 9.17) is 10.5 Å². The van der Waals surface area contributed by atoms with E-state index in [0.29, 0.717) is 16.5 Å². The molecule has 0 spiro atoms. The number of piperidine rings is 1. The molecule has 1 aromatic rings. The molecule has 1 aliphatic heterocycles. The fraction of sp³-hybridized carbons (Fsp3) is 0.643. The quantitative estimate of drug-likeness (QED) is 0.685. The van der Waals surface area contributed by atoms with E-state index in [9.17, 15) is 4.79 Å². The van der Waals surface area contributed by atoms with Gasteiger partial charge in [-0.2, -0.15) is 0 Å². The van der Waals surface area contributed by atoms with Gasteiger partial charge in [0.1, 0.15) is 9.88 Å². The summed E-state index contributed by atoms with van der Waals surface area (Å²) in [6, 6.07) is 0. The van der Waals surface area contributed by atoms with E-state index in [2.05, 4.69) is 18.7 Å². The van der Waals surface area contributed by atoms with Crippen LogP contribution < -0.4 is 10.6 Å². The number of methoxy groups -OCH3 is 1. The maximum Gasteiger partial charge on any atom is 0.350 e. The molecule has 0 radical (unpaired) electrons. The molecule has 4 nitrogen and oxygen atoms in total. The molecular formula is C14H22N2O2S2. The zero-order valence-electron chi connectivity index (χ0n) is 12.4. The summed E-state index contributed by atoms with van der Waals surface area (Å²) in [5.41, 5.74) is 6.69. The predicted octanol–water partition coefficient (Wildman–Crippen LogP) is 3.32. The minimum atomic E-state index is -0.340. The Hall–Kier alpha value is -0.880. The molecule has 2 atom stereocenters. The lowest BCUT2D eigenvalue weighted by Gasteiger charge is -2.36. The third kappa shape index (κ3) is 2.76. The average molecular weight is 314 g/mol. The largest absolute Gasteiger partial charge is 0.465 e. The van der Waals surface area contributed by atoms with E-state index < -0.39 is 0 Å². The number of nitrogen functional groups attached to an aromatic ring is 1. The number of esters is 1. The number of anilines is 2. The Morgan fingerprint density at radius 2 is 2.15 bits per heavy atom. The fourth-order valence-corrected chi connectivity index (χ4v) is 4.65. The van der Waals surface area contributed by atoms with Crippen molar-refractivity contribution in [1.29, 1.82) is 0 Å². The number of thiophene rings is 1. The molecule has 2 rings (SSSR count). The van der Waals surface area contributed by atoms with Crippen molar-refractivity contribution < 1.29 is 9.53 Å². The standard InChI is InChI=1S/C14H22N2O2S2/c1-8-5-6-16(7-9(8)2)13-11(19-4)10(15)12(20-13)14(17)18-3/h8-9H,5-7,15H2,1-4H3. The van der Waals surface area contributed by atoms with Gasteiger partial charge in [-0.3, -0.25) is 0 Å². The lowest BCUT2D eigenvalue weighted by molar-refractivity contribution is 0.0607. The lowest BCUT2D eigenvalue weighted by atomic mass is 9.89. The Morgan fingerprint density at radius 3 is 2.70 bits per heavy atom. The maximum atomic E-state index is 11.8. The van der Waals surface area contributed by atoms with Gasteiger partial charge in [-0.15, -0.1) is 23.1 Å². The van der Waals surface area contributed by atoms with Crippen LogP contribution in [0.1, 0.15) is 29.9 Å². The number of carbonyl (C=O) groups is 1. The second-order valence-corrected chi connectivity index (χ2v) is 7.18. The molecule has 2 unspecified atom stereocenters. The number of ether oxygens (including phenoxy) is 1. The molecule has 6 heteroatoms. The maximum absolute atomic E-state index is 11.8. The first-order valence-electron chi connectivity index (χ1n) is 6.79. The van der Waals surface area contributed by atoms with E-state index >= 15 is 0 Å². The van der Waals surface area contributed by atoms with Crippen LogP contribution in [0.25, 0.3) is 0 Å². The number of carbonyl (C=O) groups excluding carboxylic acids is 1. The Bertz CT molecular complexity index is 502. The highest BCUT2D eigenvalue weighted by Gasteiger charge is 2.29. The van der Waals surface area contributed by atoms with Gasteiger partial charge in [-0.1, -0.05) is 13.8 Å². The molecule has 0 saturated carbocycles. The monoisotopic (exact) mass is 314 g/mol. The van der Waals surface area contributed by atoms with Gasteiger partial charge in [0.25, 0.3) is 0 Å². The number of hydrogen-bond acceptors (Lipinski definition) is 6. The SMILES string of the molecule is COC(=O)c1sc(N2CCC(C)C(C)C2)c(SC)c1N. The Labute approximate surface area is 128 Å². The molecule has 112 valence electrons. The molecule has 2 N–H and O–H groups in total. The van der Waals surface area contributed by atoms with Crippen molar-refractivity contribution in [2.24, 2.45) is 11.8 Å². The highest BCUT2D eigenvalue weighted by atomic mass is 32.2.